The number of unbranched alkanes of at least 4 members (excludes halogenated alkanes) is 1. The van der Waals surface area contributed by atoms with Gasteiger partial charge in [0.25, 0.3) is 0 Å². The topological polar surface area (TPSA) is 45.3 Å². The molecule has 1 aromatic carbocycles. The van der Waals surface area contributed by atoms with Gasteiger partial charge in [0.2, 0.25) is 0 Å². The van der Waals surface area contributed by atoms with Crippen LogP contribution in [-0.4, -0.2) is 28.3 Å². The van der Waals surface area contributed by atoms with Crippen molar-refractivity contribution in [3.63, 3.8) is 0 Å². The van der Waals surface area contributed by atoms with Gasteiger partial charge in [0.05, 0.1) is 0 Å². The third-order valence-electron chi connectivity index (χ3n) is 3.13. The maximum absolute atomic E-state index is 8.22. The molecule has 0 aliphatic carbocycles. The zero-order valence-electron chi connectivity index (χ0n) is 15.3. The minimum absolute atomic E-state index is 0.166. The van der Waals surface area contributed by atoms with E-state index in [9.17, 15) is 0 Å². The molecule has 0 heterocycles. The van der Waals surface area contributed by atoms with E-state index in [0.29, 0.717) is 6.54 Å². The molecule has 1 rings (SSSR count). The van der Waals surface area contributed by atoms with Gasteiger partial charge >= 0.3 is 22.4 Å². The Morgan fingerprint density at radius 3 is 2.00 bits per heavy atom. The summed E-state index contributed by atoms with van der Waals surface area (Å²) in [6.07, 6.45) is 2.52. The molecule has 0 amide bonds. The summed E-state index contributed by atoms with van der Waals surface area (Å²) < 4.78 is 8.18. The molecule has 24 heavy (non-hydrogen) atoms. The Bertz CT molecular complexity index is 465. The van der Waals surface area contributed by atoms with Crippen molar-refractivity contribution in [2.24, 2.45) is 0 Å². The van der Waals surface area contributed by atoms with Crippen LogP contribution in [0.15, 0.2) is 24.3 Å². The van der Waals surface area contributed by atoms with Crippen molar-refractivity contribution < 1.29 is 22.4 Å². The monoisotopic (exact) mass is 450 g/mol. The Labute approximate surface area is 168 Å². The number of hydrogen-bond acceptors (Lipinski definition) is 3. The van der Waals surface area contributed by atoms with Gasteiger partial charge < -0.3 is 23.3 Å². The fourth-order valence-corrected chi connectivity index (χ4v) is 3.03. The van der Waals surface area contributed by atoms with Crippen molar-refractivity contribution in [2.45, 2.75) is 57.0 Å². The summed E-state index contributed by atoms with van der Waals surface area (Å²) in [6.45, 7) is 12.3. The summed E-state index contributed by atoms with van der Waals surface area (Å²) in [7, 11) is 0. The molecule has 0 radical (unpaired) electrons. The Kier molecular flexibility index (Phi) is 12.3. The van der Waals surface area contributed by atoms with Crippen LogP contribution < -0.4 is 0 Å². The van der Waals surface area contributed by atoms with Gasteiger partial charge in [-0.05, 0) is 16.9 Å². The second-order valence-electron chi connectivity index (χ2n) is 6.84. The number of benzene rings is 1. The first-order valence-corrected chi connectivity index (χ1v) is 10.3. The van der Waals surface area contributed by atoms with E-state index in [4.69, 9.17) is 21.4 Å². The molecule has 0 N–H and O–H groups in total. The molecule has 0 aromatic heterocycles. The Morgan fingerprint density at radius 1 is 1.04 bits per heavy atom. The van der Waals surface area contributed by atoms with Gasteiger partial charge in [0, 0.05) is 0 Å². The molecule has 6 heteroatoms. The van der Waals surface area contributed by atoms with Gasteiger partial charge in [-0.1, -0.05) is 65.3 Å². The molecule has 3 nitrogen and oxygen atoms in total. The summed E-state index contributed by atoms with van der Waals surface area (Å²) in [4.78, 5) is 0. The SMILES string of the molecule is CCCCSC(C)(C)C[N-]c1ccccc1[N-]CC(C)(C)[S-].[O]=[Tc+3]. The van der Waals surface area contributed by atoms with Crippen LogP contribution >= 0.6 is 11.8 Å². The third-order valence-corrected chi connectivity index (χ3v) is 4.67. The quantitative estimate of drug-likeness (QED) is 0.314. The summed E-state index contributed by atoms with van der Waals surface area (Å²) in [6, 6.07) is 8.10. The van der Waals surface area contributed by atoms with Crippen LogP contribution in [0.5, 0.6) is 0 Å². The molecule has 136 valence electrons. The van der Waals surface area contributed by atoms with Crippen molar-refractivity contribution in [2.75, 3.05) is 18.8 Å². The third kappa shape index (κ3) is 11.5. The fraction of sp³-hybridized carbons (Fsp3) is 0.667. The summed E-state index contributed by atoms with van der Waals surface area (Å²) in [5.74, 6) is 1.20. The molecule has 0 fully saturated rings. The van der Waals surface area contributed by atoms with Gasteiger partial charge in [-0.2, -0.15) is 27.9 Å². The molecular formula is C18H29N2OS2Tc. The van der Waals surface area contributed by atoms with Crippen LogP contribution in [0.4, 0.5) is 11.4 Å². The molecule has 0 spiro atoms. The number of rotatable bonds is 10. The molecule has 0 unspecified atom stereocenters. The van der Waals surface area contributed by atoms with Gasteiger partial charge in [-0.3, -0.25) is 0 Å². The Morgan fingerprint density at radius 2 is 1.54 bits per heavy atom. The second kappa shape index (κ2) is 12.3. The van der Waals surface area contributed by atoms with Gasteiger partial charge in [0.1, 0.15) is 0 Å². The fourth-order valence-electron chi connectivity index (χ4n) is 1.82. The van der Waals surface area contributed by atoms with E-state index in [1.54, 1.807) is 0 Å². The predicted octanol–water partition coefficient (Wildman–Crippen LogP) is 6.21. The average molecular weight is 452 g/mol. The number of hydrogen-bond donors (Lipinski definition) is 0. The summed E-state index contributed by atoms with van der Waals surface area (Å²) >= 11 is 8.29. The van der Waals surface area contributed by atoms with E-state index in [1.165, 1.54) is 18.6 Å². The first-order chi connectivity index (χ1) is 11.2. The molecule has 1 aromatic rings. The van der Waals surface area contributed by atoms with Crippen LogP contribution in [0, 0.1) is 0 Å². The number of nitrogens with zero attached hydrogens (tertiary/aromatic N) is 2. The first-order valence-electron chi connectivity index (χ1n) is 8.17. The molecular weight excluding hydrogens is 422 g/mol. The summed E-state index contributed by atoms with van der Waals surface area (Å²) in [5.41, 5.74) is 1.93. The number of thioether (sulfide) groups is 1. The van der Waals surface area contributed by atoms with Crippen LogP contribution in [0.1, 0.15) is 47.5 Å². The number of para-hydroxylation sites is 2. The van der Waals surface area contributed by atoms with Crippen molar-refractivity contribution in [3.8, 4) is 0 Å². The Hall–Kier alpha value is -0.0306. The van der Waals surface area contributed by atoms with E-state index in [2.05, 4.69) is 26.1 Å². The molecule has 0 atom stereocenters. The van der Waals surface area contributed by atoms with Gasteiger partial charge in [-0.25, -0.2) is 0 Å². The van der Waals surface area contributed by atoms with Gasteiger partial charge in [0.15, 0.2) is 0 Å². The standard InChI is InChI=1S/C18H30N2S2.O.Tc/c1-6-7-12-22-18(4,5)14-20-16-11-9-8-10-15(16)19-13-17(2,3)21;;/h8-11,21H,6-7,12-14H2,1-5H3;;/q-2;;+3/p-1. The second-order valence-corrected chi connectivity index (χ2v) is 9.75. The minimum atomic E-state index is -0.206. The molecule has 0 bridgehead atoms. The molecule has 0 aliphatic rings. The van der Waals surface area contributed by atoms with Crippen LogP contribution in [0.2, 0.25) is 0 Å². The zero-order chi connectivity index (χ0) is 18.6. The van der Waals surface area contributed by atoms with Gasteiger partial charge in [-0.15, -0.1) is 13.1 Å². The Balaban J connectivity index is 0.00000254. The van der Waals surface area contributed by atoms with E-state index in [0.717, 1.165) is 36.8 Å². The van der Waals surface area contributed by atoms with Crippen molar-refractivity contribution >= 4 is 35.8 Å². The normalized spacial score (nSPS) is 11.4. The maximum atomic E-state index is 8.22. The predicted molar refractivity (Wildman–Crippen MR) is 106 cm³/mol. The van der Waals surface area contributed by atoms with E-state index >= 15 is 0 Å². The van der Waals surface area contributed by atoms with E-state index in [-0.39, 0.29) is 9.49 Å². The van der Waals surface area contributed by atoms with Crippen molar-refractivity contribution in [3.05, 3.63) is 34.9 Å². The van der Waals surface area contributed by atoms with E-state index in [1.807, 2.05) is 49.9 Å². The van der Waals surface area contributed by atoms with Crippen LogP contribution in [0.3, 0.4) is 0 Å². The zero-order valence-corrected chi connectivity index (χ0v) is 18.8. The van der Waals surface area contributed by atoms with Crippen molar-refractivity contribution in [1.29, 1.82) is 0 Å². The molecule has 0 aliphatic heterocycles. The summed E-state index contributed by atoms with van der Waals surface area (Å²) in [5, 5.41) is 9.46. The molecule has 0 saturated carbocycles. The van der Waals surface area contributed by atoms with Crippen molar-refractivity contribution in [1.82, 2.24) is 0 Å². The average Bonchev–Trinajstić information content (AvgIpc) is 2.53. The van der Waals surface area contributed by atoms with Crippen LogP contribution in [0.25, 0.3) is 10.6 Å². The molecule has 0 saturated heterocycles. The first kappa shape index (κ1) is 24.0. The van der Waals surface area contributed by atoms with E-state index < -0.39 is 0 Å². The van der Waals surface area contributed by atoms with Crippen LogP contribution in [-0.2, 0) is 35.0 Å².